The Morgan fingerprint density at radius 2 is 1.96 bits per heavy atom. The normalized spacial score (nSPS) is 11.3. The van der Waals surface area contributed by atoms with E-state index in [0.717, 1.165) is 12.8 Å². The van der Waals surface area contributed by atoms with Gasteiger partial charge in [-0.3, -0.25) is 4.79 Å². The minimum Gasteiger partial charge on any atom is -0.477 e. The molecular formula is C18H20N2O3. The van der Waals surface area contributed by atoms with Crippen LogP contribution in [-0.2, 0) is 11.2 Å². The summed E-state index contributed by atoms with van der Waals surface area (Å²) in [6, 6.07) is 11.0. The van der Waals surface area contributed by atoms with Gasteiger partial charge in [-0.2, -0.15) is 0 Å². The lowest BCUT2D eigenvalue weighted by Crippen LogP contribution is -2.26. The quantitative estimate of drug-likeness (QED) is 0.517. The van der Waals surface area contributed by atoms with Crippen LogP contribution in [-0.4, -0.2) is 28.4 Å². The van der Waals surface area contributed by atoms with Gasteiger partial charge in [0.15, 0.2) is 5.78 Å². The van der Waals surface area contributed by atoms with E-state index in [4.69, 9.17) is 0 Å². The summed E-state index contributed by atoms with van der Waals surface area (Å²) in [5.41, 5.74) is 2.39. The Labute approximate surface area is 135 Å². The maximum absolute atomic E-state index is 12.2. The van der Waals surface area contributed by atoms with Crippen molar-refractivity contribution in [2.24, 2.45) is 0 Å². The van der Waals surface area contributed by atoms with Gasteiger partial charge >= 0.3 is 5.97 Å². The standard InChI is InChI=1S/C18H20N2O3/c1-2-4-13-6-8-14(9-7-13)17(21)12-20-16(18(22)23)11-15-5-3-10-19-15/h3,5-11,19-20H,2,4,12H2,1H3,(H,22,23)/b16-11+. The van der Waals surface area contributed by atoms with Crippen molar-refractivity contribution < 1.29 is 14.7 Å². The van der Waals surface area contributed by atoms with E-state index in [1.54, 1.807) is 30.5 Å². The first-order valence-corrected chi connectivity index (χ1v) is 7.54. The largest absolute Gasteiger partial charge is 0.477 e. The van der Waals surface area contributed by atoms with Crippen LogP contribution in [0.3, 0.4) is 0 Å². The van der Waals surface area contributed by atoms with Crippen molar-refractivity contribution in [2.75, 3.05) is 6.54 Å². The summed E-state index contributed by atoms with van der Waals surface area (Å²) in [4.78, 5) is 26.3. The second kappa shape index (κ2) is 7.98. The summed E-state index contributed by atoms with van der Waals surface area (Å²) in [5.74, 6) is -1.25. The number of carboxylic acids is 1. The van der Waals surface area contributed by atoms with Crippen molar-refractivity contribution in [1.29, 1.82) is 0 Å². The van der Waals surface area contributed by atoms with E-state index in [9.17, 15) is 14.7 Å². The van der Waals surface area contributed by atoms with Crippen LogP contribution < -0.4 is 5.32 Å². The van der Waals surface area contributed by atoms with Crippen LogP contribution in [0, 0.1) is 0 Å². The SMILES string of the molecule is CCCc1ccc(C(=O)CN/C(=C/c2ccc[nH]2)C(=O)O)cc1. The summed E-state index contributed by atoms with van der Waals surface area (Å²) in [5, 5.41) is 11.9. The minimum atomic E-state index is -1.11. The monoisotopic (exact) mass is 312 g/mol. The van der Waals surface area contributed by atoms with Gasteiger partial charge in [0.2, 0.25) is 0 Å². The van der Waals surface area contributed by atoms with Crippen LogP contribution in [0.1, 0.15) is 35.0 Å². The lowest BCUT2D eigenvalue weighted by Gasteiger charge is -2.07. The molecule has 5 nitrogen and oxygen atoms in total. The first-order chi connectivity index (χ1) is 11.1. The number of nitrogens with one attached hydrogen (secondary N) is 2. The maximum atomic E-state index is 12.2. The van der Waals surface area contributed by atoms with Gasteiger partial charge in [0, 0.05) is 17.5 Å². The molecule has 1 aromatic carbocycles. The van der Waals surface area contributed by atoms with Gasteiger partial charge in [0.1, 0.15) is 5.70 Å². The topological polar surface area (TPSA) is 82.2 Å². The zero-order chi connectivity index (χ0) is 16.7. The number of carboxylic acid groups (broad SMARTS) is 1. The number of aryl methyl sites for hydroxylation is 1. The molecule has 0 aliphatic carbocycles. The molecule has 23 heavy (non-hydrogen) atoms. The number of ketones is 1. The molecule has 2 rings (SSSR count). The summed E-state index contributed by atoms with van der Waals surface area (Å²) in [6.07, 6.45) is 5.20. The number of Topliss-reactive ketones (excluding diaryl/α,β-unsaturated/α-hetero) is 1. The van der Waals surface area contributed by atoms with Crippen molar-refractivity contribution in [1.82, 2.24) is 10.3 Å². The van der Waals surface area contributed by atoms with Crippen LogP contribution in [0.25, 0.3) is 6.08 Å². The van der Waals surface area contributed by atoms with E-state index in [2.05, 4.69) is 17.2 Å². The molecule has 0 atom stereocenters. The van der Waals surface area contributed by atoms with E-state index in [-0.39, 0.29) is 18.0 Å². The summed E-state index contributed by atoms with van der Waals surface area (Å²) in [6.45, 7) is 2.04. The van der Waals surface area contributed by atoms with Gasteiger partial charge in [-0.15, -0.1) is 0 Å². The average molecular weight is 312 g/mol. The zero-order valence-corrected chi connectivity index (χ0v) is 13.0. The molecule has 0 saturated heterocycles. The highest BCUT2D eigenvalue weighted by molar-refractivity contribution is 5.99. The molecule has 0 amide bonds. The van der Waals surface area contributed by atoms with Crippen molar-refractivity contribution in [3.8, 4) is 0 Å². The third-order valence-electron chi connectivity index (χ3n) is 3.41. The molecule has 0 unspecified atom stereocenters. The number of carbonyl (C=O) groups excluding carboxylic acids is 1. The highest BCUT2D eigenvalue weighted by Gasteiger charge is 2.11. The highest BCUT2D eigenvalue weighted by atomic mass is 16.4. The molecule has 120 valence electrons. The van der Waals surface area contributed by atoms with E-state index in [1.807, 2.05) is 12.1 Å². The molecule has 0 aliphatic rings. The number of rotatable bonds is 8. The Morgan fingerprint density at radius 1 is 1.22 bits per heavy atom. The van der Waals surface area contributed by atoms with Crippen molar-refractivity contribution in [3.05, 3.63) is 65.1 Å². The number of H-pyrrole nitrogens is 1. The van der Waals surface area contributed by atoms with Crippen molar-refractivity contribution in [3.63, 3.8) is 0 Å². The lowest BCUT2D eigenvalue weighted by atomic mass is 10.1. The fourth-order valence-corrected chi connectivity index (χ4v) is 2.20. The lowest BCUT2D eigenvalue weighted by molar-refractivity contribution is -0.132. The van der Waals surface area contributed by atoms with Gasteiger partial charge in [-0.05, 0) is 30.2 Å². The number of aromatic amines is 1. The van der Waals surface area contributed by atoms with E-state index in [0.29, 0.717) is 11.3 Å². The predicted molar refractivity (Wildman–Crippen MR) is 89.2 cm³/mol. The zero-order valence-electron chi connectivity index (χ0n) is 13.0. The molecule has 0 saturated carbocycles. The van der Waals surface area contributed by atoms with Gasteiger partial charge in [-0.1, -0.05) is 37.6 Å². The summed E-state index contributed by atoms with van der Waals surface area (Å²) < 4.78 is 0. The molecular weight excluding hydrogens is 292 g/mol. The fraction of sp³-hybridized carbons (Fsp3) is 0.222. The second-order valence-corrected chi connectivity index (χ2v) is 5.21. The van der Waals surface area contributed by atoms with Crippen molar-refractivity contribution in [2.45, 2.75) is 19.8 Å². The Balaban J connectivity index is 2.00. The highest BCUT2D eigenvalue weighted by Crippen LogP contribution is 2.08. The van der Waals surface area contributed by atoms with E-state index >= 15 is 0 Å². The van der Waals surface area contributed by atoms with Crippen molar-refractivity contribution >= 4 is 17.8 Å². The average Bonchev–Trinajstić information content (AvgIpc) is 3.05. The number of carbonyl (C=O) groups is 2. The fourth-order valence-electron chi connectivity index (χ4n) is 2.20. The minimum absolute atomic E-state index is 0.0246. The predicted octanol–water partition coefficient (Wildman–Crippen LogP) is 2.87. The molecule has 0 spiro atoms. The number of aromatic nitrogens is 1. The summed E-state index contributed by atoms with van der Waals surface area (Å²) in [7, 11) is 0. The number of hydrogen-bond acceptors (Lipinski definition) is 3. The van der Waals surface area contributed by atoms with Gasteiger partial charge in [0.25, 0.3) is 0 Å². The molecule has 2 aromatic rings. The number of benzene rings is 1. The van der Waals surface area contributed by atoms with E-state index < -0.39 is 5.97 Å². The molecule has 5 heteroatoms. The first-order valence-electron chi connectivity index (χ1n) is 7.54. The smallest absolute Gasteiger partial charge is 0.352 e. The number of hydrogen-bond donors (Lipinski definition) is 3. The summed E-state index contributed by atoms with van der Waals surface area (Å²) >= 11 is 0. The third-order valence-corrected chi connectivity index (χ3v) is 3.41. The third kappa shape index (κ3) is 4.85. The second-order valence-electron chi connectivity index (χ2n) is 5.21. The molecule has 0 fully saturated rings. The molecule has 0 aliphatic heterocycles. The van der Waals surface area contributed by atoms with Gasteiger partial charge < -0.3 is 15.4 Å². The Hall–Kier alpha value is -2.82. The van der Waals surface area contributed by atoms with E-state index in [1.165, 1.54) is 11.6 Å². The van der Waals surface area contributed by atoms with Crippen LogP contribution in [0.15, 0.2) is 48.3 Å². The van der Waals surface area contributed by atoms with Crippen LogP contribution >= 0.6 is 0 Å². The van der Waals surface area contributed by atoms with Gasteiger partial charge in [-0.25, -0.2) is 4.79 Å². The molecule has 1 aromatic heterocycles. The Bertz CT molecular complexity index is 686. The number of aliphatic carboxylic acids is 1. The molecule has 0 radical (unpaired) electrons. The molecule has 1 heterocycles. The molecule has 0 bridgehead atoms. The molecule has 3 N–H and O–H groups in total. The van der Waals surface area contributed by atoms with Gasteiger partial charge in [0.05, 0.1) is 6.54 Å². The Morgan fingerprint density at radius 3 is 2.52 bits per heavy atom. The van der Waals surface area contributed by atoms with Crippen LogP contribution in [0.5, 0.6) is 0 Å². The first kappa shape index (κ1) is 16.5. The van der Waals surface area contributed by atoms with Crippen LogP contribution in [0.4, 0.5) is 0 Å². The maximum Gasteiger partial charge on any atom is 0.352 e. The Kier molecular flexibility index (Phi) is 5.74. The van der Waals surface area contributed by atoms with Crippen LogP contribution in [0.2, 0.25) is 0 Å².